The lowest BCUT2D eigenvalue weighted by molar-refractivity contribution is 0.0118. The zero-order valence-electron chi connectivity index (χ0n) is 14.4. The lowest BCUT2D eigenvalue weighted by Gasteiger charge is -2.30. The van der Waals surface area contributed by atoms with Crippen molar-refractivity contribution in [2.75, 3.05) is 7.11 Å². The summed E-state index contributed by atoms with van der Waals surface area (Å²) in [5.41, 5.74) is 2.25. The van der Waals surface area contributed by atoms with Crippen molar-refractivity contribution in [2.24, 2.45) is 5.41 Å². The highest BCUT2D eigenvalue weighted by Gasteiger charge is 2.29. The van der Waals surface area contributed by atoms with E-state index in [-0.39, 0.29) is 11.5 Å². The first-order valence-corrected chi connectivity index (χ1v) is 8.07. The quantitative estimate of drug-likeness (QED) is 0.831. The van der Waals surface area contributed by atoms with Gasteiger partial charge in [-0.3, -0.25) is 9.88 Å². The Morgan fingerprint density at radius 2 is 1.86 bits per heavy atom. The largest absolute Gasteiger partial charge is 0.375 e. The predicted molar refractivity (Wildman–Crippen MR) is 87.1 cm³/mol. The molecule has 1 aliphatic rings. The topological polar surface area (TPSA) is 25.4 Å². The Kier molecular flexibility index (Phi) is 5.05. The molecule has 0 radical (unpaired) electrons. The summed E-state index contributed by atoms with van der Waals surface area (Å²) in [6, 6.07) is 7.65. The molecule has 0 aliphatic carbocycles. The summed E-state index contributed by atoms with van der Waals surface area (Å²) < 4.78 is 5.69. The fourth-order valence-corrected chi connectivity index (χ4v) is 3.40. The third-order valence-electron chi connectivity index (χ3n) is 4.60. The number of ether oxygens (including phenoxy) is 1. The number of pyridine rings is 1. The Labute approximate surface area is 129 Å². The Bertz CT molecular complexity index is 457. The molecule has 0 spiro atoms. The number of aromatic nitrogens is 1. The van der Waals surface area contributed by atoms with E-state index in [0.717, 1.165) is 17.9 Å². The van der Waals surface area contributed by atoms with Crippen LogP contribution in [0.15, 0.2) is 18.2 Å². The van der Waals surface area contributed by atoms with Gasteiger partial charge >= 0.3 is 0 Å². The minimum absolute atomic E-state index is 0.0332. The van der Waals surface area contributed by atoms with E-state index in [1.54, 1.807) is 7.11 Å². The molecule has 0 unspecified atom stereocenters. The SMILES string of the molecule is CO[C@H](c1cccc(CN2[C@H](C)CC[C@H]2C)n1)C(C)(C)C. The molecule has 3 nitrogen and oxygen atoms in total. The van der Waals surface area contributed by atoms with Crippen LogP contribution in [0, 0.1) is 5.41 Å². The third kappa shape index (κ3) is 3.83. The van der Waals surface area contributed by atoms with Gasteiger partial charge in [0.1, 0.15) is 6.10 Å². The first kappa shape index (κ1) is 16.4. The molecule has 1 saturated heterocycles. The monoisotopic (exact) mass is 290 g/mol. The van der Waals surface area contributed by atoms with Crippen LogP contribution >= 0.6 is 0 Å². The second kappa shape index (κ2) is 6.45. The van der Waals surface area contributed by atoms with Crippen molar-refractivity contribution in [3.63, 3.8) is 0 Å². The number of hydrogen-bond donors (Lipinski definition) is 0. The predicted octanol–water partition coefficient (Wildman–Crippen LogP) is 4.19. The van der Waals surface area contributed by atoms with Crippen LogP contribution in [0.5, 0.6) is 0 Å². The van der Waals surface area contributed by atoms with Crippen molar-refractivity contribution < 1.29 is 4.74 Å². The second-order valence-electron chi connectivity index (χ2n) is 7.48. The molecule has 1 aromatic heterocycles. The van der Waals surface area contributed by atoms with Crippen LogP contribution < -0.4 is 0 Å². The maximum Gasteiger partial charge on any atom is 0.104 e. The summed E-state index contributed by atoms with van der Waals surface area (Å²) in [7, 11) is 1.77. The van der Waals surface area contributed by atoms with Gasteiger partial charge < -0.3 is 4.74 Å². The maximum atomic E-state index is 5.69. The Morgan fingerprint density at radius 1 is 1.24 bits per heavy atom. The lowest BCUT2D eigenvalue weighted by atomic mass is 9.86. The number of nitrogens with zero attached hydrogens (tertiary/aromatic N) is 2. The minimum atomic E-state index is 0.0332. The summed E-state index contributed by atoms with van der Waals surface area (Å²) in [4.78, 5) is 7.44. The molecule has 3 atom stereocenters. The average molecular weight is 290 g/mol. The molecule has 118 valence electrons. The standard InChI is InChI=1S/C18H30N2O/c1-13-10-11-14(2)20(13)12-15-8-7-9-16(19-15)17(21-6)18(3,4)5/h7-9,13-14,17H,10-12H2,1-6H3/t13-,14-,17-/m1/s1. The molecule has 2 rings (SSSR count). The molecule has 2 heterocycles. The van der Waals surface area contributed by atoms with Gasteiger partial charge in [0, 0.05) is 25.7 Å². The van der Waals surface area contributed by atoms with Crippen molar-refractivity contribution in [1.82, 2.24) is 9.88 Å². The fourth-order valence-electron chi connectivity index (χ4n) is 3.40. The number of likely N-dealkylation sites (tertiary alicyclic amines) is 1. The molecule has 0 saturated carbocycles. The van der Waals surface area contributed by atoms with Crippen LogP contribution in [0.4, 0.5) is 0 Å². The van der Waals surface area contributed by atoms with Gasteiger partial charge in [0.15, 0.2) is 0 Å². The lowest BCUT2D eigenvalue weighted by Crippen LogP contribution is -2.32. The van der Waals surface area contributed by atoms with Crippen LogP contribution in [0.2, 0.25) is 0 Å². The van der Waals surface area contributed by atoms with E-state index in [9.17, 15) is 0 Å². The van der Waals surface area contributed by atoms with Crippen molar-refractivity contribution in [1.29, 1.82) is 0 Å². The molecular formula is C18H30N2O. The molecule has 1 aromatic rings. The second-order valence-corrected chi connectivity index (χ2v) is 7.48. The molecule has 0 amide bonds. The fraction of sp³-hybridized carbons (Fsp3) is 0.722. The van der Waals surface area contributed by atoms with Gasteiger partial charge in [-0.1, -0.05) is 26.8 Å². The number of hydrogen-bond acceptors (Lipinski definition) is 3. The van der Waals surface area contributed by atoms with Gasteiger partial charge in [-0.25, -0.2) is 0 Å². The van der Waals surface area contributed by atoms with Gasteiger partial charge in [-0.2, -0.15) is 0 Å². The number of rotatable bonds is 4. The summed E-state index contributed by atoms with van der Waals surface area (Å²) >= 11 is 0. The zero-order valence-corrected chi connectivity index (χ0v) is 14.4. The van der Waals surface area contributed by atoms with Gasteiger partial charge in [0.25, 0.3) is 0 Å². The van der Waals surface area contributed by atoms with Gasteiger partial charge in [-0.05, 0) is 44.2 Å². The molecule has 1 fully saturated rings. The van der Waals surface area contributed by atoms with Crippen molar-refractivity contribution in [3.05, 3.63) is 29.6 Å². The van der Waals surface area contributed by atoms with Crippen LogP contribution in [-0.2, 0) is 11.3 Å². The molecule has 0 N–H and O–H groups in total. The van der Waals surface area contributed by atoms with Crippen LogP contribution in [0.3, 0.4) is 0 Å². The Hall–Kier alpha value is -0.930. The van der Waals surface area contributed by atoms with Crippen LogP contribution in [0.1, 0.15) is 65.0 Å². The van der Waals surface area contributed by atoms with Crippen molar-refractivity contribution in [3.8, 4) is 0 Å². The zero-order chi connectivity index (χ0) is 15.6. The molecule has 0 aromatic carbocycles. The van der Waals surface area contributed by atoms with E-state index >= 15 is 0 Å². The van der Waals surface area contributed by atoms with Crippen molar-refractivity contribution >= 4 is 0 Å². The van der Waals surface area contributed by atoms with E-state index in [2.05, 4.69) is 57.7 Å². The van der Waals surface area contributed by atoms with Gasteiger partial charge in [-0.15, -0.1) is 0 Å². The van der Waals surface area contributed by atoms with Gasteiger partial charge in [0.2, 0.25) is 0 Å². The van der Waals surface area contributed by atoms with E-state index < -0.39 is 0 Å². The minimum Gasteiger partial charge on any atom is -0.375 e. The van der Waals surface area contributed by atoms with E-state index in [4.69, 9.17) is 9.72 Å². The smallest absolute Gasteiger partial charge is 0.104 e. The van der Waals surface area contributed by atoms with E-state index in [1.807, 2.05) is 0 Å². The highest BCUT2D eigenvalue weighted by molar-refractivity contribution is 5.15. The number of methoxy groups -OCH3 is 1. The highest BCUT2D eigenvalue weighted by Crippen LogP contribution is 2.34. The molecule has 21 heavy (non-hydrogen) atoms. The van der Waals surface area contributed by atoms with Crippen molar-refractivity contribution in [2.45, 2.75) is 72.2 Å². The highest BCUT2D eigenvalue weighted by atomic mass is 16.5. The average Bonchev–Trinajstić information content (AvgIpc) is 2.70. The maximum absolute atomic E-state index is 5.69. The third-order valence-corrected chi connectivity index (χ3v) is 4.60. The van der Waals surface area contributed by atoms with E-state index in [0.29, 0.717) is 12.1 Å². The summed E-state index contributed by atoms with van der Waals surface area (Å²) in [5, 5.41) is 0. The molecule has 1 aliphatic heterocycles. The summed E-state index contributed by atoms with van der Waals surface area (Å²) in [6.45, 7) is 12.2. The first-order chi connectivity index (χ1) is 9.82. The Morgan fingerprint density at radius 3 is 2.38 bits per heavy atom. The van der Waals surface area contributed by atoms with Gasteiger partial charge in [0.05, 0.1) is 11.4 Å². The molecule has 3 heteroatoms. The normalized spacial score (nSPS) is 25.2. The van der Waals surface area contributed by atoms with Crippen LogP contribution in [0.25, 0.3) is 0 Å². The Balaban J connectivity index is 2.18. The van der Waals surface area contributed by atoms with Crippen LogP contribution in [-0.4, -0.2) is 29.1 Å². The summed E-state index contributed by atoms with van der Waals surface area (Å²) in [6.07, 6.45) is 2.62. The molecule has 0 bridgehead atoms. The van der Waals surface area contributed by atoms with E-state index in [1.165, 1.54) is 12.8 Å². The first-order valence-electron chi connectivity index (χ1n) is 8.07. The molecular weight excluding hydrogens is 260 g/mol. The summed E-state index contributed by atoms with van der Waals surface area (Å²) in [5.74, 6) is 0.